The Balaban J connectivity index is 2.42. The molecule has 0 unspecified atom stereocenters. The van der Waals surface area contributed by atoms with Gasteiger partial charge in [-0.2, -0.15) is 11.8 Å². The molecule has 1 N–H and O–H groups in total. The Morgan fingerprint density at radius 1 is 1.55 bits per heavy atom. The molecule has 0 atom stereocenters. The van der Waals surface area contributed by atoms with E-state index >= 15 is 0 Å². The summed E-state index contributed by atoms with van der Waals surface area (Å²) < 4.78 is 0. The first-order valence-corrected chi connectivity index (χ1v) is 5.17. The van der Waals surface area contributed by atoms with E-state index in [9.17, 15) is 4.79 Å². The summed E-state index contributed by atoms with van der Waals surface area (Å²) >= 11 is 3.26. The molecule has 0 radical (unpaired) electrons. The number of hydrogen-bond donors (Lipinski definition) is 1. The van der Waals surface area contributed by atoms with Crippen LogP contribution in [0.3, 0.4) is 0 Å². The number of carboxylic acid groups (broad SMARTS) is 1. The van der Waals surface area contributed by atoms with Crippen LogP contribution in [0.5, 0.6) is 0 Å². The Morgan fingerprint density at radius 3 is 3.00 bits per heavy atom. The van der Waals surface area contributed by atoms with E-state index in [0.717, 1.165) is 11.5 Å². The Bertz CT molecular complexity index is 282. The molecule has 4 heteroatoms. The van der Waals surface area contributed by atoms with Crippen LogP contribution < -0.4 is 0 Å². The zero-order valence-electron chi connectivity index (χ0n) is 5.66. The quantitative estimate of drug-likeness (QED) is 0.730. The molecule has 2 nitrogen and oxygen atoms in total. The fourth-order valence-electron chi connectivity index (χ4n) is 1.07. The molecule has 0 saturated heterocycles. The van der Waals surface area contributed by atoms with Crippen molar-refractivity contribution in [3.05, 3.63) is 21.4 Å². The lowest BCUT2D eigenvalue weighted by Crippen LogP contribution is -1.90. The van der Waals surface area contributed by atoms with E-state index in [0.29, 0.717) is 4.88 Å². The first-order chi connectivity index (χ1) is 5.27. The average Bonchev–Trinajstić information content (AvgIpc) is 2.40. The maximum absolute atomic E-state index is 10.5. The average molecular weight is 186 g/mol. The Hall–Kier alpha value is -0.480. The van der Waals surface area contributed by atoms with Gasteiger partial charge in [0.15, 0.2) is 0 Å². The molecular formula is C7H6O2S2. The maximum atomic E-state index is 10.5. The van der Waals surface area contributed by atoms with Gasteiger partial charge >= 0.3 is 5.97 Å². The third-order valence-corrected chi connectivity index (χ3v) is 3.95. The van der Waals surface area contributed by atoms with Crippen molar-refractivity contribution in [2.24, 2.45) is 0 Å². The van der Waals surface area contributed by atoms with Gasteiger partial charge in [-0.3, -0.25) is 0 Å². The Labute approximate surface area is 72.2 Å². The van der Waals surface area contributed by atoms with Crippen molar-refractivity contribution in [2.75, 3.05) is 0 Å². The number of rotatable bonds is 1. The molecule has 11 heavy (non-hydrogen) atoms. The molecule has 0 aromatic carbocycles. The first-order valence-electron chi connectivity index (χ1n) is 3.20. The molecule has 2 rings (SSSR count). The lowest BCUT2D eigenvalue weighted by molar-refractivity contribution is 0.0702. The van der Waals surface area contributed by atoms with Gasteiger partial charge in [-0.1, -0.05) is 0 Å². The molecule has 0 bridgehead atoms. The van der Waals surface area contributed by atoms with Gasteiger partial charge in [0.25, 0.3) is 0 Å². The molecule has 1 aromatic heterocycles. The lowest BCUT2D eigenvalue weighted by atomic mass is 10.3. The molecule has 0 amide bonds. The van der Waals surface area contributed by atoms with Crippen molar-refractivity contribution in [1.82, 2.24) is 0 Å². The van der Waals surface area contributed by atoms with Crippen molar-refractivity contribution >= 4 is 29.1 Å². The number of hydrogen-bond acceptors (Lipinski definition) is 3. The second-order valence-corrected chi connectivity index (χ2v) is 4.48. The summed E-state index contributed by atoms with van der Waals surface area (Å²) in [4.78, 5) is 12.2. The second kappa shape index (κ2) is 2.53. The van der Waals surface area contributed by atoms with Crippen LogP contribution in [0.15, 0.2) is 6.07 Å². The normalized spacial score (nSPS) is 14.9. The summed E-state index contributed by atoms with van der Waals surface area (Å²) in [6, 6.07) is 1.79. The number of thioether (sulfide) groups is 1. The van der Waals surface area contributed by atoms with E-state index in [1.54, 1.807) is 6.07 Å². The highest BCUT2D eigenvalue weighted by atomic mass is 32.2. The molecule has 1 aliphatic rings. The van der Waals surface area contributed by atoms with Crippen LogP contribution in [0, 0.1) is 0 Å². The van der Waals surface area contributed by atoms with Crippen LogP contribution in [-0.2, 0) is 11.5 Å². The summed E-state index contributed by atoms with van der Waals surface area (Å²) in [5.74, 6) is 1.18. The van der Waals surface area contributed by atoms with Crippen LogP contribution in [0.25, 0.3) is 0 Å². The third-order valence-electron chi connectivity index (χ3n) is 1.60. The highest BCUT2D eigenvalue weighted by molar-refractivity contribution is 7.98. The molecular weight excluding hydrogens is 180 g/mol. The maximum Gasteiger partial charge on any atom is 0.345 e. The molecule has 0 aliphatic carbocycles. The number of carboxylic acids is 1. The highest BCUT2D eigenvalue weighted by Gasteiger charge is 2.17. The molecule has 1 aromatic rings. The van der Waals surface area contributed by atoms with Crippen LogP contribution in [0.4, 0.5) is 0 Å². The molecule has 0 spiro atoms. The van der Waals surface area contributed by atoms with Crippen LogP contribution in [0.1, 0.15) is 20.1 Å². The standard InChI is InChI=1S/C7H6O2S2/c8-7(9)5-1-4-2-10-3-6(4)11-5/h1H,2-3H2,(H,8,9). The molecule has 0 fully saturated rings. The molecule has 2 heterocycles. The van der Waals surface area contributed by atoms with Gasteiger partial charge in [0.05, 0.1) is 0 Å². The van der Waals surface area contributed by atoms with Crippen molar-refractivity contribution in [1.29, 1.82) is 0 Å². The molecule has 0 saturated carbocycles. The van der Waals surface area contributed by atoms with Gasteiger partial charge < -0.3 is 5.11 Å². The van der Waals surface area contributed by atoms with Crippen molar-refractivity contribution in [2.45, 2.75) is 11.5 Å². The Morgan fingerprint density at radius 2 is 2.36 bits per heavy atom. The summed E-state index contributed by atoms with van der Waals surface area (Å²) in [5, 5.41) is 8.65. The molecule has 1 aliphatic heterocycles. The van der Waals surface area contributed by atoms with E-state index < -0.39 is 5.97 Å². The summed E-state index contributed by atoms with van der Waals surface area (Å²) in [6.45, 7) is 0. The smallest absolute Gasteiger partial charge is 0.345 e. The van der Waals surface area contributed by atoms with Crippen LogP contribution >= 0.6 is 23.1 Å². The minimum Gasteiger partial charge on any atom is -0.477 e. The van der Waals surface area contributed by atoms with E-state index in [-0.39, 0.29) is 0 Å². The predicted molar refractivity (Wildman–Crippen MR) is 46.3 cm³/mol. The number of thiophene rings is 1. The highest BCUT2D eigenvalue weighted by Crippen LogP contribution is 2.35. The first kappa shape index (κ1) is 7.18. The zero-order chi connectivity index (χ0) is 7.84. The van der Waals surface area contributed by atoms with E-state index in [4.69, 9.17) is 5.11 Å². The largest absolute Gasteiger partial charge is 0.477 e. The van der Waals surface area contributed by atoms with Crippen LogP contribution in [0.2, 0.25) is 0 Å². The minimum atomic E-state index is -0.797. The third kappa shape index (κ3) is 1.16. The monoisotopic (exact) mass is 186 g/mol. The number of aromatic carboxylic acids is 1. The van der Waals surface area contributed by atoms with Crippen molar-refractivity contribution < 1.29 is 9.90 Å². The lowest BCUT2D eigenvalue weighted by Gasteiger charge is -1.85. The second-order valence-electron chi connectivity index (χ2n) is 2.36. The molecule has 58 valence electrons. The van der Waals surface area contributed by atoms with E-state index in [2.05, 4.69) is 0 Å². The summed E-state index contributed by atoms with van der Waals surface area (Å²) in [7, 11) is 0. The van der Waals surface area contributed by atoms with Gasteiger partial charge in [-0.25, -0.2) is 4.79 Å². The van der Waals surface area contributed by atoms with Gasteiger partial charge in [-0.05, 0) is 11.6 Å². The topological polar surface area (TPSA) is 37.3 Å². The van der Waals surface area contributed by atoms with Crippen molar-refractivity contribution in [3.8, 4) is 0 Å². The van der Waals surface area contributed by atoms with E-state index in [1.165, 1.54) is 21.8 Å². The summed E-state index contributed by atoms with van der Waals surface area (Å²) in [5.41, 5.74) is 1.22. The zero-order valence-corrected chi connectivity index (χ0v) is 7.30. The van der Waals surface area contributed by atoms with Gasteiger partial charge in [0, 0.05) is 16.4 Å². The van der Waals surface area contributed by atoms with Gasteiger partial charge in [0.2, 0.25) is 0 Å². The minimum absolute atomic E-state index is 0.482. The van der Waals surface area contributed by atoms with Gasteiger partial charge in [-0.15, -0.1) is 11.3 Å². The predicted octanol–water partition coefficient (Wildman–Crippen LogP) is 2.19. The summed E-state index contributed by atoms with van der Waals surface area (Å²) in [6.07, 6.45) is 0. The SMILES string of the molecule is O=C(O)c1cc2c(s1)CSC2. The van der Waals surface area contributed by atoms with Crippen LogP contribution in [-0.4, -0.2) is 11.1 Å². The van der Waals surface area contributed by atoms with Crippen molar-refractivity contribution in [3.63, 3.8) is 0 Å². The van der Waals surface area contributed by atoms with E-state index in [1.807, 2.05) is 11.8 Å². The fraction of sp³-hybridized carbons (Fsp3) is 0.286. The Kier molecular flexibility index (Phi) is 1.65. The number of carbonyl (C=O) groups is 1. The fourth-order valence-corrected chi connectivity index (χ4v) is 3.41. The number of fused-ring (bicyclic) bond motifs is 1. The van der Waals surface area contributed by atoms with Gasteiger partial charge in [0.1, 0.15) is 4.88 Å².